The monoisotopic (exact) mass is 249 g/mol. The number of benzene rings is 1. The number of hydrogen-bond donors (Lipinski definition) is 2. The van der Waals surface area contributed by atoms with Crippen molar-refractivity contribution >= 4 is 23.0 Å². The fourth-order valence-electron chi connectivity index (χ4n) is 1.33. The smallest absolute Gasteiger partial charge is 0.340 e. The number of anilines is 1. The normalized spacial score (nSPS) is 10.1. The van der Waals surface area contributed by atoms with Gasteiger partial charge in [0.15, 0.2) is 0 Å². The summed E-state index contributed by atoms with van der Waals surface area (Å²) in [7, 11) is 0. The molecule has 5 heteroatoms. The largest absolute Gasteiger partial charge is 0.508 e. The van der Waals surface area contributed by atoms with Gasteiger partial charge in [0.1, 0.15) is 12.4 Å². The molecule has 2 rings (SSSR count). The molecule has 0 atom stereocenters. The highest BCUT2D eigenvalue weighted by molar-refractivity contribution is 7.09. The molecule has 0 bridgehead atoms. The van der Waals surface area contributed by atoms with Crippen LogP contribution in [0.4, 0.5) is 5.69 Å². The maximum atomic E-state index is 11.7. The molecule has 0 aliphatic carbocycles. The molecule has 0 aliphatic heterocycles. The summed E-state index contributed by atoms with van der Waals surface area (Å²) in [5.74, 6) is -0.547. The maximum absolute atomic E-state index is 11.7. The molecule has 88 valence electrons. The van der Waals surface area contributed by atoms with Crippen LogP contribution in [0.15, 0.2) is 35.7 Å². The molecular formula is C12H11NO3S. The first-order chi connectivity index (χ1) is 8.16. The van der Waals surface area contributed by atoms with Gasteiger partial charge < -0.3 is 15.6 Å². The first kappa shape index (κ1) is 11.5. The zero-order chi connectivity index (χ0) is 12.3. The molecule has 17 heavy (non-hydrogen) atoms. The van der Waals surface area contributed by atoms with Crippen LogP contribution < -0.4 is 5.73 Å². The predicted molar refractivity (Wildman–Crippen MR) is 66.0 cm³/mol. The minimum Gasteiger partial charge on any atom is -0.508 e. The molecule has 0 unspecified atom stereocenters. The van der Waals surface area contributed by atoms with Crippen molar-refractivity contribution in [2.45, 2.75) is 6.61 Å². The van der Waals surface area contributed by atoms with Crippen LogP contribution in [0.2, 0.25) is 0 Å². The summed E-state index contributed by atoms with van der Waals surface area (Å²) >= 11 is 1.51. The van der Waals surface area contributed by atoms with Crippen molar-refractivity contribution in [2.75, 3.05) is 5.73 Å². The Kier molecular flexibility index (Phi) is 3.30. The Morgan fingerprint density at radius 3 is 2.94 bits per heavy atom. The highest BCUT2D eigenvalue weighted by Crippen LogP contribution is 2.20. The SMILES string of the molecule is Nc1ccc(O)cc1C(=O)OCc1cccs1. The van der Waals surface area contributed by atoms with E-state index >= 15 is 0 Å². The number of ether oxygens (including phenoxy) is 1. The second-order valence-corrected chi connectivity index (χ2v) is 4.46. The third-order valence-electron chi connectivity index (χ3n) is 2.18. The van der Waals surface area contributed by atoms with Crippen molar-refractivity contribution in [1.82, 2.24) is 0 Å². The Balaban J connectivity index is 2.07. The molecule has 1 aromatic heterocycles. The summed E-state index contributed by atoms with van der Waals surface area (Å²) in [6, 6.07) is 7.95. The second kappa shape index (κ2) is 4.88. The van der Waals surface area contributed by atoms with Gasteiger partial charge in [0.2, 0.25) is 0 Å². The molecule has 0 saturated carbocycles. The lowest BCUT2D eigenvalue weighted by Crippen LogP contribution is -2.07. The van der Waals surface area contributed by atoms with Crippen LogP contribution in [0.1, 0.15) is 15.2 Å². The van der Waals surface area contributed by atoms with E-state index in [1.165, 1.54) is 29.5 Å². The van der Waals surface area contributed by atoms with Crippen molar-refractivity contribution in [3.8, 4) is 5.75 Å². The molecule has 0 spiro atoms. The summed E-state index contributed by atoms with van der Waals surface area (Å²) in [5, 5.41) is 11.2. The van der Waals surface area contributed by atoms with Crippen molar-refractivity contribution in [3.63, 3.8) is 0 Å². The van der Waals surface area contributed by atoms with E-state index in [1.54, 1.807) is 0 Å². The fraction of sp³-hybridized carbons (Fsp3) is 0.0833. The molecule has 0 fully saturated rings. The molecule has 0 radical (unpaired) electrons. The number of carbonyl (C=O) groups is 1. The van der Waals surface area contributed by atoms with Crippen LogP contribution in [-0.4, -0.2) is 11.1 Å². The highest BCUT2D eigenvalue weighted by atomic mass is 32.1. The number of thiophene rings is 1. The van der Waals surface area contributed by atoms with Crippen LogP contribution >= 0.6 is 11.3 Å². The lowest BCUT2D eigenvalue weighted by atomic mass is 10.2. The third kappa shape index (κ3) is 2.76. The van der Waals surface area contributed by atoms with Crippen LogP contribution in [0, 0.1) is 0 Å². The lowest BCUT2D eigenvalue weighted by molar-refractivity contribution is 0.0477. The predicted octanol–water partition coefficient (Wildman–Crippen LogP) is 2.39. The number of nitrogens with two attached hydrogens (primary N) is 1. The second-order valence-electron chi connectivity index (χ2n) is 3.43. The van der Waals surface area contributed by atoms with Crippen LogP contribution in [-0.2, 0) is 11.3 Å². The zero-order valence-corrected chi connectivity index (χ0v) is 9.74. The number of nitrogen functional groups attached to an aromatic ring is 1. The van der Waals surface area contributed by atoms with Crippen LogP contribution in [0.25, 0.3) is 0 Å². The van der Waals surface area contributed by atoms with Gasteiger partial charge in [-0.3, -0.25) is 0 Å². The average Bonchev–Trinajstić information content (AvgIpc) is 2.82. The molecule has 2 aromatic rings. The van der Waals surface area contributed by atoms with Gasteiger partial charge in [-0.2, -0.15) is 0 Å². The van der Waals surface area contributed by atoms with E-state index in [9.17, 15) is 9.90 Å². The number of aromatic hydroxyl groups is 1. The van der Waals surface area contributed by atoms with Gasteiger partial charge in [-0.25, -0.2) is 4.79 Å². The summed E-state index contributed by atoms with van der Waals surface area (Å²) < 4.78 is 5.09. The lowest BCUT2D eigenvalue weighted by Gasteiger charge is -2.06. The summed E-state index contributed by atoms with van der Waals surface area (Å²) in [6.45, 7) is 0.214. The van der Waals surface area contributed by atoms with Crippen molar-refractivity contribution in [3.05, 3.63) is 46.2 Å². The Bertz CT molecular complexity index is 523. The Morgan fingerprint density at radius 1 is 1.41 bits per heavy atom. The van der Waals surface area contributed by atoms with E-state index in [1.807, 2.05) is 17.5 Å². The van der Waals surface area contributed by atoms with Crippen molar-refractivity contribution in [1.29, 1.82) is 0 Å². The van der Waals surface area contributed by atoms with E-state index in [4.69, 9.17) is 10.5 Å². The van der Waals surface area contributed by atoms with Crippen LogP contribution in [0.5, 0.6) is 5.75 Å². The first-order valence-electron chi connectivity index (χ1n) is 4.95. The third-order valence-corrected chi connectivity index (χ3v) is 3.03. The molecule has 0 amide bonds. The maximum Gasteiger partial charge on any atom is 0.340 e. The highest BCUT2D eigenvalue weighted by Gasteiger charge is 2.12. The number of carbonyl (C=O) groups excluding carboxylic acids is 1. The van der Waals surface area contributed by atoms with Gasteiger partial charge in [-0.15, -0.1) is 11.3 Å². The minimum atomic E-state index is -0.535. The number of rotatable bonds is 3. The van der Waals surface area contributed by atoms with Crippen LogP contribution in [0.3, 0.4) is 0 Å². The quantitative estimate of drug-likeness (QED) is 0.497. The van der Waals surface area contributed by atoms with E-state index in [2.05, 4.69) is 0 Å². The van der Waals surface area contributed by atoms with Gasteiger partial charge in [0, 0.05) is 10.6 Å². The molecule has 1 heterocycles. The van der Waals surface area contributed by atoms with E-state index in [0.29, 0.717) is 5.69 Å². The number of esters is 1. The van der Waals surface area contributed by atoms with E-state index in [-0.39, 0.29) is 17.9 Å². The first-order valence-corrected chi connectivity index (χ1v) is 5.83. The standard InChI is InChI=1S/C12H11NO3S/c13-11-4-3-8(14)6-10(11)12(15)16-7-9-2-1-5-17-9/h1-6,14H,7,13H2. The van der Waals surface area contributed by atoms with Gasteiger partial charge in [-0.1, -0.05) is 6.07 Å². The molecule has 0 aliphatic rings. The van der Waals surface area contributed by atoms with E-state index in [0.717, 1.165) is 4.88 Å². The average molecular weight is 249 g/mol. The number of phenolic OH excluding ortho intramolecular Hbond substituents is 1. The zero-order valence-electron chi connectivity index (χ0n) is 8.92. The summed E-state index contributed by atoms with van der Waals surface area (Å²) in [5.41, 5.74) is 6.10. The topological polar surface area (TPSA) is 72.5 Å². The Labute approximate surface area is 102 Å². The van der Waals surface area contributed by atoms with E-state index < -0.39 is 5.97 Å². The number of hydrogen-bond acceptors (Lipinski definition) is 5. The molecule has 3 N–H and O–H groups in total. The molecular weight excluding hydrogens is 238 g/mol. The Morgan fingerprint density at radius 2 is 2.24 bits per heavy atom. The van der Waals surface area contributed by atoms with Gasteiger partial charge >= 0.3 is 5.97 Å². The van der Waals surface area contributed by atoms with Gasteiger partial charge in [0.05, 0.1) is 5.56 Å². The molecule has 0 saturated heterocycles. The van der Waals surface area contributed by atoms with Gasteiger partial charge in [-0.05, 0) is 29.6 Å². The van der Waals surface area contributed by atoms with Crippen molar-refractivity contribution < 1.29 is 14.6 Å². The summed E-state index contributed by atoms with van der Waals surface area (Å²) in [4.78, 5) is 12.7. The fourth-order valence-corrected chi connectivity index (χ4v) is 1.95. The summed E-state index contributed by atoms with van der Waals surface area (Å²) in [6.07, 6.45) is 0. The minimum absolute atomic E-state index is 0.0118. The molecule has 1 aromatic carbocycles. The number of phenols is 1. The van der Waals surface area contributed by atoms with Crippen molar-refractivity contribution in [2.24, 2.45) is 0 Å². The molecule has 4 nitrogen and oxygen atoms in total. The Hall–Kier alpha value is -2.01. The van der Waals surface area contributed by atoms with Gasteiger partial charge in [0.25, 0.3) is 0 Å².